The molecule has 0 bridgehead atoms. The minimum absolute atomic E-state index is 0.152. The number of anilines is 2. The van der Waals surface area contributed by atoms with E-state index < -0.39 is 0 Å². The molecule has 2 aliphatic rings. The van der Waals surface area contributed by atoms with E-state index in [9.17, 15) is 0 Å². The number of nitrogens with two attached hydrogens (primary N) is 1. The molecule has 1 spiro atoms. The Balaban J connectivity index is 1.76. The average molecular weight is 261 g/mol. The van der Waals surface area contributed by atoms with Crippen molar-refractivity contribution in [3.63, 3.8) is 0 Å². The quantitative estimate of drug-likeness (QED) is 0.889. The summed E-state index contributed by atoms with van der Waals surface area (Å²) in [6, 6.07) is 2.53. The van der Waals surface area contributed by atoms with Crippen LogP contribution in [-0.2, 0) is 4.74 Å². The number of aromatic nitrogens is 1. The molecular formula is C15H23N3O. The number of nitrogens with zero attached hydrogens (tertiary/aromatic N) is 2. The van der Waals surface area contributed by atoms with Crippen molar-refractivity contribution in [3.05, 3.63) is 18.5 Å². The summed E-state index contributed by atoms with van der Waals surface area (Å²) in [6.07, 6.45) is 10.8. The third kappa shape index (κ3) is 2.41. The predicted octanol–water partition coefficient (Wildman–Crippen LogP) is 2.59. The van der Waals surface area contributed by atoms with Gasteiger partial charge in [-0.1, -0.05) is 12.8 Å². The normalized spacial score (nSPS) is 25.6. The first-order valence-corrected chi connectivity index (χ1v) is 7.26. The summed E-state index contributed by atoms with van der Waals surface area (Å²) in [5, 5.41) is 0. The van der Waals surface area contributed by atoms with Crippen LogP contribution in [-0.4, -0.2) is 30.3 Å². The molecular weight excluding hydrogens is 238 g/mol. The largest absolute Gasteiger partial charge is 0.396 e. The van der Waals surface area contributed by atoms with Crippen molar-refractivity contribution >= 4 is 11.4 Å². The Morgan fingerprint density at radius 1 is 1.42 bits per heavy atom. The van der Waals surface area contributed by atoms with Gasteiger partial charge >= 0.3 is 0 Å². The fourth-order valence-corrected chi connectivity index (χ4v) is 3.62. The van der Waals surface area contributed by atoms with Crippen LogP contribution in [0, 0.1) is 0 Å². The zero-order chi connectivity index (χ0) is 13.3. The molecule has 1 unspecified atom stereocenters. The fraction of sp³-hybridized carbons (Fsp3) is 0.667. The van der Waals surface area contributed by atoms with E-state index in [1.54, 1.807) is 6.20 Å². The third-order valence-electron chi connectivity index (χ3n) is 4.74. The maximum Gasteiger partial charge on any atom is 0.0738 e. The molecule has 19 heavy (non-hydrogen) atoms. The molecule has 4 nitrogen and oxygen atoms in total. The second-order valence-electron chi connectivity index (χ2n) is 5.93. The number of pyridine rings is 1. The molecule has 0 aromatic carbocycles. The van der Waals surface area contributed by atoms with Crippen LogP contribution in [0.25, 0.3) is 0 Å². The number of ether oxygens (including phenoxy) is 1. The van der Waals surface area contributed by atoms with E-state index >= 15 is 0 Å². The van der Waals surface area contributed by atoms with Crippen molar-refractivity contribution in [1.29, 1.82) is 0 Å². The van der Waals surface area contributed by atoms with Gasteiger partial charge in [0, 0.05) is 25.9 Å². The van der Waals surface area contributed by atoms with Crippen molar-refractivity contribution < 1.29 is 4.74 Å². The molecule has 104 valence electrons. The van der Waals surface area contributed by atoms with Gasteiger partial charge in [-0.05, 0) is 31.7 Å². The van der Waals surface area contributed by atoms with Crippen LogP contribution in [0.3, 0.4) is 0 Å². The second kappa shape index (κ2) is 5.00. The fourth-order valence-electron chi connectivity index (χ4n) is 3.62. The molecule has 4 heteroatoms. The van der Waals surface area contributed by atoms with E-state index in [1.807, 2.05) is 12.3 Å². The first kappa shape index (κ1) is 12.7. The Labute approximate surface area is 115 Å². The summed E-state index contributed by atoms with van der Waals surface area (Å²) >= 11 is 0. The second-order valence-corrected chi connectivity index (χ2v) is 5.93. The van der Waals surface area contributed by atoms with E-state index in [1.165, 1.54) is 25.7 Å². The van der Waals surface area contributed by atoms with Gasteiger partial charge in [-0.3, -0.25) is 4.98 Å². The van der Waals surface area contributed by atoms with Crippen LogP contribution in [0.4, 0.5) is 11.4 Å². The van der Waals surface area contributed by atoms with Crippen LogP contribution in [0.1, 0.15) is 38.5 Å². The van der Waals surface area contributed by atoms with Gasteiger partial charge in [0.1, 0.15) is 0 Å². The zero-order valence-electron chi connectivity index (χ0n) is 11.6. The molecule has 0 amide bonds. The molecule has 1 saturated carbocycles. The average Bonchev–Trinajstić information content (AvgIpc) is 2.86. The predicted molar refractivity (Wildman–Crippen MR) is 77.2 cm³/mol. The lowest BCUT2D eigenvalue weighted by Crippen LogP contribution is -2.46. The summed E-state index contributed by atoms with van der Waals surface area (Å²) in [6.45, 7) is 0.875. The van der Waals surface area contributed by atoms with Crippen LogP contribution in [0.5, 0.6) is 0 Å². The van der Waals surface area contributed by atoms with Gasteiger partial charge in [-0.25, -0.2) is 0 Å². The van der Waals surface area contributed by atoms with Gasteiger partial charge < -0.3 is 15.4 Å². The lowest BCUT2D eigenvalue weighted by Gasteiger charge is -2.42. The van der Waals surface area contributed by atoms with E-state index in [0.717, 1.165) is 30.8 Å². The zero-order valence-corrected chi connectivity index (χ0v) is 11.6. The molecule has 2 fully saturated rings. The monoisotopic (exact) mass is 261 g/mol. The van der Waals surface area contributed by atoms with Crippen molar-refractivity contribution in [2.45, 2.75) is 50.2 Å². The lowest BCUT2D eigenvalue weighted by molar-refractivity contribution is -0.0795. The molecule has 2 N–H and O–H groups in total. The van der Waals surface area contributed by atoms with Gasteiger partial charge in [0.2, 0.25) is 0 Å². The molecule has 1 saturated heterocycles. The van der Waals surface area contributed by atoms with Crippen LogP contribution < -0.4 is 10.6 Å². The van der Waals surface area contributed by atoms with Crippen LogP contribution in [0.15, 0.2) is 18.5 Å². The number of hydrogen-bond acceptors (Lipinski definition) is 4. The maximum absolute atomic E-state index is 6.10. The lowest BCUT2D eigenvalue weighted by atomic mass is 9.88. The standard InChI is InChI=1S/C15H23N3O/c1-18(14-4-8-17-11-13(14)16)12-5-9-19-15(10-12)6-2-3-7-15/h4,8,11-12H,2-3,5-7,9-10,16H2,1H3. The van der Waals surface area contributed by atoms with E-state index in [4.69, 9.17) is 10.5 Å². The maximum atomic E-state index is 6.10. The Hall–Kier alpha value is -1.29. The van der Waals surface area contributed by atoms with Gasteiger partial charge in [-0.2, -0.15) is 0 Å². The minimum Gasteiger partial charge on any atom is -0.396 e. The van der Waals surface area contributed by atoms with Crippen molar-refractivity contribution in [3.8, 4) is 0 Å². The highest BCUT2D eigenvalue weighted by atomic mass is 16.5. The summed E-state index contributed by atoms with van der Waals surface area (Å²) in [5.74, 6) is 0. The van der Waals surface area contributed by atoms with Crippen LogP contribution >= 0.6 is 0 Å². The molecule has 2 heterocycles. The molecule has 1 aromatic rings. The first-order valence-electron chi connectivity index (χ1n) is 7.26. The number of hydrogen-bond donors (Lipinski definition) is 1. The van der Waals surface area contributed by atoms with Crippen molar-refractivity contribution in [1.82, 2.24) is 4.98 Å². The summed E-state index contributed by atoms with van der Waals surface area (Å²) in [7, 11) is 2.14. The highest BCUT2D eigenvalue weighted by Crippen LogP contribution is 2.42. The van der Waals surface area contributed by atoms with Gasteiger partial charge in [0.05, 0.1) is 23.2 Å². The summed E-state index contributed by atoms with van der Waals surface area (Å²) in [4.78, 5) is 6.39. The number of rotatable bonds is 2. The molecule has 1 aliphatic carbocycles. The summed E-state index contributed by atoms with van der Waals surface area (Å²) < 4.78 is 6.10. The molecule has 1 aromatic heterocycles. The Bertz CT molecular complexity index is 443. The number of nitrogen functional groups attached to an aromatic ring is 1. The van der Waals surface area contributed by atoms with Crippen molar-refractivity contribution in [2.75, 3.05) is 24.3 Å². The van der Waals surface area contributed by atoms with Crippen molar-refractivity contribution in [2.24, 2.45) is 0 Å². The van der Waals surface area contributed by atoms with E-state index in [-0.39, 0.29) is 5.60 Å². The Morgan fingerprint density at radius 3 is 2.95 bits per heavy atom. The smallest absolute Gasteiger partial charge is 0.0738 e. The topological polar surface area (TPSA) is 51.4 Å². The third-order valence-corrected chi connectivity index (χ3v) is 4.74. The highest BCUT2D eigenvalue weighted by Gasteiger charge is 2.41. The molecule has 0 radical (unpaired) electrons. The van der Waals surface area contributed by atoms with E-state index in [0.29, 0.717) is 6.04 Å². The molecule has 3 rings (SSSR count). The summed E-state index contributed by atoms with van der Waals surface area (Å²) in [5.41, 5.74) is 8.04. The minimum atomic E-state index is 0.152. The Kier molecular flexibility index (Phi) is 3.35. The SMILES string of the molecule is CN(c1ccncc1N)C1CCOC2(CCCC2)C1. The molecule has 1 atom stereocenters. The Morgan fingerprint density at radius 2 is 2.21 bits per heavy atom. The van der Waals surface area contributed by atoms with Gasteiger partial charge in [0.25, 0.3) is 0 Å². The van der Waals surface area contributed by atoms with Gasteiger partial charge in [0.15, 0.2) is 0 Å². The van der Waals surface area contributed by atoms with Crippen LogP contribution in [0.2, 0.25) is 0 Å². The molecule has 1 aliphatic heterocycles. The highest BCUT2D eigenvalue weighted by molar-refractivity contribution is 5.66. The van der Waals surface area contributed by atoms with Gasteiger partial charge in [-0.15, -0.1) is 0 Å². The van der Waals surface area contributed by atoms with E-state index in [2.05, 4.69) is 16.9 Å². The first-order chi connectivity index (χ1) is 9.20.